The zero-order chi connectivity index (χ0) is 14.2. The second-order valence-electron chi connectivity index (χ2n) is 4.66. The second-order valence-corrected chi connectivity index (χ2v) is 4.66. The van der Waals surface area contributed by atoms with Crippen molar-refractivity contribution in [3.63, 3.8) is 0 Å². The third kappa shape index (κ3) is 4.40. The van der Waals surface area contributed by atoms with Gasteiger partial charge in [0.2, 0.25) is 0 Å². The van der Waals surface area contributed by atoms with Gasteiger partial charge in [0.25, 0.3) is 5.69 Å². The lowest BCUT2D eigenvalue weighted by atomic mass is 10.2. The van der Waals surface area contributed by atoms with E-state index in [0.717, 1.165) is 39.3 Å². The van der Waals surface area contributed by atoms with Crippen LogP contribution in [0.2, 0.25) is 0 Å². The van der Waals surface area contributed by atoms with Crippen molar-refractivity contribution < 1.29 is 9.66 Å². The van der Waals surface area contributed by atoms with Crippen LogP contribution < -0.4 is 0 Å². The maximum Gasteiger partial charge on any atom is 0.278 e. The third-order valence-corrected chi connectivity index (χ3v) is 3.23. The summed E-state index contributed by atoms with van der Waals surface area (Å²) in [4.78, 5) is 17.1. The number of nitro benzene ring substituents is 1. The Bertz CT molecular complexity index is 470. The van der Waals surface area contributed by atoms with E-state index in [1.54, 1.807) is 24.4 Å². The Balaban J connectivity index is 1.77. The average Bonchev–Trinajstić information content (AvgIpc) is 2.48. The molecule has 0 aromatic heterocycles. The number of hydrogen-bond donors (Lipinski definition) is 0. The maximum atomic E-state index is 10.8. The molecule has 0 atom stereocenters. The molecular weight excluding hydrogens is 258 g/mol. The first-order chi connectivity index (χ1) is 9.77. The summed E-state index contributed by atoms with van der Waals surface area (Å²) in [6, 6.07) is 6.65. The highest BCUT2D eigenvalue weighted by Crippen LogP contribution is 2.15. The van der Waals surface area contributed by atoms with Crippen molar-refractivity contribution in [2.45, 2.75) is 6.42 Å². The molecule has 0 bridgehead atoms. The van der Waals surface area contributed by atoms with E-state index in [9.17, 15) is 10.1 Å². The fourth-order valence-corrected chi connectivity index (χ4v) is 2.14. The molecule has 2 rings (SSSR count). The van der Waals surface area contributed by atoms with Gasteiger partial charge in [0.05, 0.1) is 23.7 Å². The molecule has 1 aromatic carbocycles. The lowest BCUT2D eigenvalue weighted by Gasteiger charge is -2.26. The van der Waals surface area contributed by atoms with Crippen molar-refractivity contribution in [1.29, 1.82) is 0 Å². The molecule has 108 valence electrons. The van der Waals surface area contributed by atoms with Gasteiger partial charge in [-0.2, -0.15) is 0 Å². The van der Waals surface area contributed by atoms with E-state index in [-0.39, 0.29) is 10.6 Å². The van der Waals surface area contributed by atoms with Gasteiger partial charge in [0, 0.05) is 38.5 Å². The molecule has 1 saturated heterocycles. The summed E-state index contributed by atoms with van der Waals surface area (Å²) in [5.74, 6) is 0. The molecule has 1 aliphatic heterocycles. The van der Waals surface area contributed by atoms with E-state index < -0.39 is 0 Å². The van der Waals surface area contributed by atoms with Gasteiger partial charge in [0.15, 0.2) is 0 Å². The minimum absolute atomic E-state index is 0.101. The molecule has 0 radical (unpaired) electrons. The topological polar surface area (TPSA) is 68.0 Å². The number of para-hydroxylation sites is 1. The fourth-order valence-electron chi connectivity index (χ4n) is 2.14. The minimum Gasteiger partial charge on any atom is -0.379 e. The highest BCUT2D eigenvalue weighted by Gasteiger charge is 2.10. The Hall–Kier alpha value is -1.79. The van der Waals surface area contributed by atoms with Crippen molar-refractivity contribution in [2.75, 3.05) is 39.4 Å². The molecule has 1 aliphatic rings. The molecule has 0 saturated carbocycles. The van der Waals surface area contributed by atoms with Gasteiger partial charge in [0.1, 0.15) is 0 Å². The smallest absolute Gasteiger partial charge is 0.278 e. The summed E-state index contributed by atoms with van der Waals surface area (Å²) in [5, 5.41) is 10.8. The summed E-state index contributed by atoms with van der Waals surface area (Å²) in [6.45, 7) is 5.25. The quantitative estimate of drug-likeness (QED) is 0.344. The predicted octanol–water partition coefficient (Wildman–Crippen LogP) is 1.74. The molecule has 0 spiro atoms. The lowest BCUT2D eigenvalue weighted by molar-refractivity contribution is -0.385. The van der Waals surface area contributed by atoms with Crippen LogP contribution in [0.1, 0.15) is 12.0 Å². The summed E-state index contributed by atoms with van der Waals surface area (Å²) in [5.41, 5.74) is 0.660. The Kier molecular flexibility index (Phi) is 5.64. The summed E-state index contributed by atoms with van der Waals surface area (Å²) in [7, 11) is 0. The fraction of sp³-hybridized carbons (Fsp3) is 0.500. The monoisotopic (exact) mass is 277 g/mol. The van der Waals surface area contributed by atoms with Gasteiger partial charge in [-0.25, -0.2) is 0 Å². The van der Waals surface area contributed by atoms with Gasteiger partial charge < -0.3 is 4.74 Å². The van der Waals surface area contributed by atoms with Gasteiger partial charge in [-0.3, -0.25) is 20.0 Å². The Morgan fingerprint density at radius 3 is 2.85 bits per heavy atom. The lowest BCUT2D eigenvalue weighted by Crippen LogP contribution is -2.37. The van der Waals surface area contributed by atoms with Crippen molar-refractivity contribution >= 4 is 11.9 Å². The maximum absolute atomic E-state index is 10.8. The van der Waals surface area contributed by atoms with Crippen LogP contribution in [0.3, 0.4) is 0 Å². The number of morpholine rings is 1. The van der Waals surface area contributed by atoms with Crippen LogP contribution in [0.4, 0.5) is 5.69 Å². The Labute approximate surface area is 118 Å². The number of nitro groups is 1. The first kappa shape index (κ1) is 14.6. The highest BCUT2D eigenvalue weighted by molar-refractivity contribution is 5.85. The molecule has 0 aliphatic carbocycles. The van der Waals surface area contributed by atoms with Crippen LogP contribution in [0.25, 0.3) is 0 Å². The zero-order valence-electron chi connectivity index (χ0n) is 11.4. The van der Waals surface area contributed by atoms with Crippen LogP contribution in [-0.4, -0.2) is 55.4 Å². The second kappa shape index (κ2) is 7.72. The molecule has 6 nitrogen and oxygen atoms in total. The van der Waals surface area contributed by atoms with Crippen LogP contribution in [0.5, 0.6) is 0 Å². The number of aliphatic imine (C=N–C) groups is 1. The van der Waals surface area contributed by atoms with Gasteiger partial charge >= 0.3 is 0 Å². The van der Waals surface area contributed by atoms with Crippen LogP contribution in [0.15, 0.2) is 29.3 Å². The largest absolute Gasteiger partial charge is 0.379 e. The summed E-state index contributed by atoms with van der Waals surface area (Å²) < 4.78 is 5.29. The molecular formula is C14H19N3O3. The molecule has 1 aromatic rings. The normalized spacial score (nSPS) is 16.6. The standard InChI is InChI=1S/C14H19N3O3/c18-17(19)14-5-2-1-4-13(14)12-15-6-3-7-16-8-10-20-11-9-16/h1-2,4-5,12H,3,6-11H2. The first-order valence-corrected chi connectivity index (χ1v) is 6.81. The SMILES string of the molecule is O=[N+]([O-])c1ccccc1C=NCCCN1CCOCC1. The van der Waals surface area contributed by atoms with Crippen molar-refractivity contribution in [3.8, 4) is 0 Å². The van der Waals surface area contributed by atoms with Crippen LogP contribution in [-0.2, 0) is 4.74 Å². The molecule has 6 heteroatoms. The van der Waals surface area contributed by atoms with Gasteiger partial charge in [-0.1, -0.05) is 12.1 Å². The van der Waals surface area contributed by atoms with Gasteiger partial charge in [-0.15, -0.1) is 0 Å². The Morgan fingerprint density at radius 2 is 2.10 bits per heavy atom. The number of rotatable bonds is 6. The van der Waals surface area contributed by atoms with E-state index in [0.29, 0.717) is 12.1 Å². The van der Waals surface area contributed by atoms with E-state index in [4.69, 9.17) is 4.74 Å². The molecule has 1 heterocycles. The summed E-state index contributed by atoms with van der Waals surface area (Å²) in [6.07, 6.45) is 2.55. The zero-order valence-corrected chi connectivity index (χ0v) is 11.4. The summed E-state index contributed by atoms with van der Waals surface area (Å²) >= 11 is 0. The molecule has 1 fully saturated rings. The molecule has 0 N–H and O–H groups in total. The number of ether oxygens (including phenoxy) is 1. The number of benzene rings is 1. The Morgan fingerprint density at radius 1 is 1.35 bits per heavy atom. The predicted molar refractivity (Wildman–Crippen MR) is 77.4 cm³/mol. The van der Waals surface area contributed by atoms with E-state index >= 15 is 0 Å². The third-order valence-electron chi connectivity index (χ3n) is 3.23. The first-order valence-electron chi connectivity index (χ1n) is 6.81. The van der Waals surface area contributed by atoms with Crippen molar-refractivity contribution in [1.82, 2.24) is 4.90 Å². The van der Waals surface area contributed by atoms with Crippen LogP contribution >= 0.6 is 0 Å². The molecule has 0 unspecified atom stereocenters. The van der Waals surface area contributed by atoms with E-state index in [1.807, 2.05) is 0 Å². The molecule has 20 heavy (non-hydrogen) atoms. The van der Waals surface area contributed by atoms with Crippen molar-refractivity contribution in [3.05, 3.63) is 39.9 Å². The van der Waals surface area contributed by atoms with Crippen LogP contribution in [0, 0.1) is 10.1 Å². The number of nitrogens with zero attached hydrogens (tertiary/aromatic N) is 3. The number of hydrogen-bond acceptors (Lipinski definition) is 5. The minimum atomic E-state index is -0.380. The van der Waals surface area contributed by atoms with Crippen molar-refractivity contribution in [2.24, 2.45) is 4.99 Å². The molecule has 0 amide bonds. The van der Waals surface area contributed by atoms with Gasteiger partial charge in [-0.05, 0) is 12.5 Å². The average molecular weight is 277 g/mol. The highest BCUT2D eigenvalue weighted by atomic mass is 16.6. The van der Waals surface area contributed by atoms with E-state index in [2.05, 4.69) is 9.89 Å². The van der Waals surface area contributed by atoms with E-state index in [1.165, 1.54) is 6.07 Å².